The molecule has 6 heteroatoms. The largest absolute Gasteiger partial charge is 0.355 e. The molecule has 2 N–H and O–H groups in total. The van der Waals surface area contributed by atoms with Gasteiger partial charge in [-0.05, 0) is 50.6 Å². The number of piperidine rings is 2. The zero-order valence-corrected chi connectivity index (χ0v) is 15.6. The van der Waals surface area contributed by atoms with Gasteiger partial charge in [0.1, 0.15) is 0 Å². The van der Waals surface area contributed by atoms with Gasteiger partial charge in [-0.2, -0.15) is 0 Å². The molecule has 2 saturated heterocycles. The lowest BCUT2D eigenvalue weighted by Gasteiger charge is -2.35. The first kappa shape index (κ1) is 22.0. The van der Waals surface area contributed by atoms with Crippen molar-refractivity contribution in [3.05, 3.63) is 0 Å². The number of halogens is 2. The highest BCUT2D eigenvalue weighted by atomic mass is 35.5. The lowest BCUT2D eigenvalue weighted by atomic mass is 9.92. The Labute approximate surface area is 148 Å². The number of nitrogens with zero attached hydrogens (tertiary/aromatic N) is 1. The molecular weight excluding hydrogens is 321 g/mol. The fourth-order valence-electron chi connectivity index (χ4n) is 3.69. The minimum atomic E-state index is 0. The van der Waals surface area contributed by atoms with Crippen molar-refractivity contribution in [2.24, 2.45) is 11.8 Å². The van der Waals surface area contributed by atoms with E-state index in [0.717, 1.165) is 44.3 Å². The predicted octanol–water partition coefficient (Wildman–Crippen LogP) is 2.46. The summed E-state index contributed by atoms with van der Waals surface area (Å²) in [5.74, 6) is 1.84. The van der Waals surface area contributed by atoms with Crippen LogP contribution in [-0.4, -0.2) is 49.6 Å². The summed E-state index contributed by atoms with van der Waals surface area (Å²) in [6.07, 6.45) is 5.80. The molecule has 0 aromatic carbocycles. The van der Waals surface area contributed by atoms with Crippen LogP contribution < -0.4 is 10.6 Å². The highest BCUT2D eigenvalue weighted by Gasteiger charge is 2.22. The van der Waals surface area contributed by atoms with Crippen LogP contribution in [0.3, 0.4) is 0 Å². The van der Waals surface area contributed by atoms with E-state index in [4.69, 9.17) is 0 Å². The lowest BCUT2D eigenvalue weighted by molar-refractivity contribution is -0.123. The summed E-state index contributed by atoms with van der Waals surface area (Å²) >= 11 is 0. The second-order valence-electron chi connectivity index (χ2n) is 6.85. The summed E-state index contributed by atoms with van der Waals surface area (Å²) in [6.45, 7) is 10.1. The Hall–Kier alpha value is -0.0300. The summed E-state index contributed by atoms with van der Waals surface area (Å²) in [5.41, 5.74) is 0. The van der Waals surface area contributed by atoms with Crippen molar-refractivity contribution in [3.63, 3.8) is 0 Å². The Morgan fingerprint density at radius 2 is 1.86 bits per heavy atom. The van der Waals surface area contributed by atoms with Crippen LogP contribution in [0, 0.1) is 11.8 Å². The van der Waals surface area contributed by atoms with Crippen LogP contribution in [0.1, 0.15) is 46.0 Å². The normalized spacial score (nSPS) is 29.1. The van der Waals surface area contributed by atoms with E-state index in [9.17, 15) is 4.79 Å². The molecule has 0 bridgehead atoms. The number of hydrogen-bond donors (Lipinski definition) is 2. The SMILES string of the molecule is CC1CC(C)CN(CCCNC(=O)[C@H]2CCCCN2)C1.Cl.Cl. The third-order valence-corrected chi connectivity index (χ3v) is 4.52. The number of carbonyl (C=O) groups is 1. The molecule has 22 heavy (non-hydrogen) atoms. The van der Waals surface area contributed by atoms with Crippen LogP contribution in [0.2, 0.25) is 0 Å². The molecule has 2 aliphatic rings. The van der Waals surface area contributed by atoms with Gasteiger partial charge in [0.15, 0.2) is 0 Å². The van der Waals surface area contributed by atoms with E-state index in [1.807, 2.05) is 0 Å². The average molecular weight is 354 g/mol. The van der Waals surface area contributed by atoms with E-state index < -0.39 is 0 Å². The lowest BCUT2D eigenvalue weighted by Crippen LogP contribution is -2.47. The fourth-order valence-corrected chi connectivity index (χ4v) is 3.69. The van der Waals surface area contributed by atoms with Crippen LogP contribution in [0.5, 0.6) is 0 Å². The molecule has 2 aliphatic heterocycles. The summed E-state index contributed by atoms with van der Waals surface area (Å²) < 4.78 is 0. The fraction of sp³-hybridized carbons (Fsp3) is 0.938. The topological polar surface area (TPSA) is 44.4 Å². The van der Waals surface area contributed by atoms with E-state index in [0.29, 0.717) is 0 Å². The molecule has 0 aromatic heterocycles. The number of rotatable bonds is 5. The second kappa shape index (κ2) is 11.5. The van der Waals surface area contributed by atoms with Crippen molar-refractivity contribution in [1.29, 1.82) is 0 Å². The van der Waals surface area contributed by atoms with Crippen molar-refractivity contribution >= 4 is 30.7 Å². The molecule has 0 aromatic rings. The summed E-state index contributed by atoms with van der Waals surface area (Å²) in [5, 5.41) is 6.38. The molecule has 0 saturated carbocycles. The molecule has 2 heterocycles. The average Bonchev–Trinajstić information content (AvgIpc) is 2.43. The zero-order valence-electron chi connectivity index (χ0n) is 14.0. The Morgan fingerprint density at radius 3 is 2.45 bits per heavy atom. The van der Waals surface area contributed by atoms with E-state index in [1.54, 1.807) is 0 Å². The molecular formula is C16H33Cl2N3O. The summed E-state index contributed by atoms with van der Waals surface area (Å²) in [4.78, 5) is 14.5. The van der Waals surface area contributed by atoms with Gasteiger partial charge in [-0.25, -0.2) is 0 Å². The van der Waals surface area contributed by atoms with E-state index in [2.05, 4.69) is 29.4 Å². The standard InChI is InChI=1S/C16H31N3O.2ClH/c1-13-10-14(2)12-19(11-13)9-5-8-18-16(20)15-6-3-4-7-17-15;;/h13-15,17H,3-12H2,1-2H3,(H,18,20);2*1H/t13?,14?,15-;;/m1../s1. The van der Waals surface area contributed by atoms with Gasteiger partial charge in [0, 0.05) is 19.6 Å². The molecule has 1 amide bonds. The van der Waals surface area contributed by atoms with Crippen molar-refractivity contribution < 1.29 is 4.79 Å². The molecule has 2 rings (SSSR count). The first-order chi connectivity index (χ1) is 9.65. The van der Waals surface area contributed by atoms with Gasteiger partial charge in [-0.15, -0.1) is 24.8 Å². The van der Waals surface area contributed by atoms with Gasteiger partial charge in [0.25, 0.3) is 0 Å². The Morgan fingerprint density at radius 1 is 1.18 bits per heavy atom. The third-order valence-electron chi connectivity index (χ3n) is 4.52. The number of amides is 1. The smallest absolute Gasteiger partial charge is 0.237 e. The van der Waals surface area contributed by atoms with Crippen molar-refractivity contribution in [3.8, 4) is 0 Å². The van der Waals surface area contributed by atoms with Gasteiger partial charge < -0.3 is 15.5 Å². The van der Waals surface area contributed by atoms with E-state index >= 15 is 0 Å². The maximum absolute atomic E-state index is 12.0. The maximum atomic E-state index is 12.0. The quantitative estimate of drug-likeness (QED) is 0.746. The van der Waals surface area contributed by atoms with Gasteiger partial charge in [-0.1, -0.05) is 20.3 Å². The van der Waals surface area contributed by atoms with Gasteiger partial charge >= 0.3 is 0 Å². The molecule has 0 radical (unpaired) electrons. The Balaban J connectivity index is 0.00000220. The molecule has 132 valence electrons. The third kappa shape index (κ3) is 7.49. The van der Waals surface area contributed by atoms with Crippen molar-refractivity contribution in [2.45, 2.75) is 52.0 Å². The van der Waals surface area contributed by atoms with Crippen LogP contribution >= 0.6 is 24.8 Å². The van der Waals surface area contributed by atoms with Crippen LogP contribution in [0.4, 0.5) is 0 Å². The van der Waals surface area contributed by atoms with Crippen molar-refractivity contribution in [1.82, 2.24) is 15.5 Å². The van der Waals surface area contributed by atoms with Crippen molar-refractivity contribution in [2.75, 3.05) is 32.7 Å². The minimum Gasteiger partial charge on any atom is -0.355 e. The number of likely N-dealkylation sites (tertiary alicyclic amines) is 1. The number of hydrogen-bond acceptors (Lipinski definition) is 3. The Bertz CT molecular complexity index is 302. The molecule has 0 aliphatic carbocycles. The van der Waals surface area contributed by atoms with Crippen LogP contribution in [0.15, 0.2) is 0 Å². The first-order valence-corrected chi connectivity index (χ1v) is 8.38. The Kier molecular flexibility index (Phi) is 11.5. The maximum Gasteiger partial charge on any atom is 0.237 e. The number of nitrogens with one attached hydrogen (secondary N) is 2. The van der Waals surface area contributed by atoms with Crippen LogP contribution in [-0.2, 0) is 4.79 Å². The number of carbonyl (C=O) groups excluding carboxylic acids is 1. The highest BCUT2D eigenvalue weighted by Crippen LogP contribution is 2.20. The summed E-state index contributed by atoms with van der Waals surface area (Å²) in [7, 11) is 0. The molecule has 3 atom stereocenters. The highest BCUT2D eigenvalue weighted by molar-refractivity contribution is 5.85. The van der Waals surface area contributed by atoms with E-state index in [-0.39, 0.29) is 36.8 Å². The van der Waals surface area contributed by atoms with E-state index in [1.165, 1.54) is 32.4 Å². The van der Waals surface area contributed by atoms with Gasteiger partial charge in [0.2, 0.25) is 5.91 Å². The first-order valence-electron chi connectivity index (χ1n) is 8.38. The zero-order chi connectivity index (χ0) is 14.4. The van der Waals surface area contributed by atoms with Crippen LogP contribution in [0.25, 0.3) is 0 Å². The molecule has 0 spiro atoms. The molecule has 4 nitrogen and oxygen atoms in total. The minimum absolute atomic E-state index is 0. The monoisotopic (exact) mass is 353 g/mol. The predicted molar refractivity (Wildman–Crippen MR) is 97.1 cm³/mol. The van der Waals surface area contributed by atoms with Gasteiger partial charge in [-0.3, -0.25) is 4.79 Å². The molecule has 2 unspecified atom stereocenters. The summed E-state index contributed by atoms with van der Waals surface area (Å²) in [6, 6.07) is 0.0544. The van der Waals surface area contributed by atoms with Gasteiger partial charge in [0.05, 0.1) is 6.04 Å². The molecule has 2 fully saturated rings. The second-order valence-corrected chi connectivity index (χ2v) is 6.85.